The molecular formula is C59H40N2O2. The van der Waals surface area contributed by atoms with Crippen molar-refractivity contribution in [1.29, 1.82) is 0 Å². The number of furan rings is 2. The SMILES string of the molecule is CC1(C)c2cc(N(c3ccccc3)c3cc4ccccc4c4ccccc34)ccc2-c2ccc(N(c3cccc4c3oc3ccccc34)c3cccc4c3oc3ccccc34)cc21. The first kappa shape index (κ1) is 35.7. The lowest BCUT2D eigenvalue weighted by atomic mass is 9.82. The van der Waals surface area contributed by atoms with Gasteiger partial charge >= 0.3 is 0 Å². The maximum absolute atomic E-state index is 6.74. The molecule has 1 aliphatic rings. The third kappa shape index (κ3) is 5.28. The summed E-state index contributed by atoms with van der Waals surface area (Å²) < 4.78 is 13.5. The first-order valence-electron chi connectivity index (χ1n) is 21.7. The van der Waals surface area contributed by atoms with E-state index >= 15 is 0 Å². The van der Waals surface area contributed by atoms with Crippen LogP contribution in [0.15, 0.2) is 215 Å². The van der Waals surface area contributed by atoms with Crippen LogP contribution in [0, 0.1) is 0 Å². The first-order chi connectivity index (χ1) is 31.0. The molecule has 63 heavy (non-hydrogen) atoms. The molecule has 2 heterocycles. The van der Waals surface area contributed by atoms with E-state index < -0.39 is 0 Å². The molecule has 0 radical (unpaired) electrons. The van der Waals surface area contributed by atoms with E-state index in [1.807, 2.05) is 24.3 Å². The molecule has 12 aromatic rings. The van der Waals surface area contributed by atoms with Crippen LogP contribution in [0.4, 0.5) is 34.1 Å². The second-order valence-electron chi connectivity index (χ2n) is 17.3. The molecule has 298 valence electrons. The summed E-state index contributed by atoms with van der Waals surface area (Å²) in [5, 5.41) is 9.28. The Bertz CT molecular complexity index is 3690. The zero-order valence-corrected chi connectivity index (χ0v) is 34.8. The Labute approximate surface area is 364 Å². The fourth-order valence-corrected chi connectivity index (χ4v) is 10.4. The Morgan fingerprint density at radius 2 is 0.810 bits per heavy atom. The monoisotopic (exact) mass is 808 g/mol. The predicted molar refractivity (Wildman–Crippen MR) is 263 cm³/mol. The number of hydrogen-bond acceptors (Lipinski definition) is 4. The Balaban J connectivity index is 0.999. The highest BCUT2D eigenvalue weighted by atomic mass is 16.3. The van der Waals surface area contributed by atoms with E-state index in [1.165, 1.54) is 43.8 Å². The van der Waals surface area contributed by atoms with Gasteiger partial charge in [0, 0.05) is 49.4 Å². The quantitative estimate of drug-likeness (QED) is 0.157. The van der Waals surface area contributed by atoms with E-state index in [4.69, 9.17) is 8.83 Å². The molecule has 0 aliphatic heterocycles. The lowest BCUT2D eigenvalue weighted by Gasteiger charge is -2.30. The second kappa shape index (κ2) is 13.5. The molecule has 2 aromatic heterocycles. The molecule has 0 N–H and O–H groups in total. The molecule has 4 heteroatoms. The Morgan fingerprint density at radius 3 is 1.41 bits per heavy atom. The first-order valence-corrected chi connectivity index (χ1v) is 21.7. The summed E-state index contributed by atoms with van der Waals surface area (Å²) in [7, 11) is 0. The molecule has 0 unspecified atom stereocenters. The van der Waals surface area contributed by atoms with Crippen LogP contribution in [0.3, 0.4) is 0 Å². The smallest absolute Gasteiger partial charge is 0.159 e. The lowest BCUT2D eigenvalue weighted by molar-refractivity contribution is 0.660. The van der Waals surface area contributed by atoms with E-state index in [1.54, 1.807) is 0 Å². The largest absolute Gasteiger partial charge is 0.454 e. The van der Waals surface area contributed by atoms with Crippen LogP contribution in [0.1, 0.15) is 25.0 Å². The van der Waals surface area contributed by atoms with Crippen LogP contribution in [-0.4, -0.2) is 0 Å². The van der Waals surface area contributed by atoms with Crippen molar-refractivity contribution in [2.24, 2.45) is 0 Å². The van der Waals surface area contributed by atoms with Crippen LogP contribution < -0.4 is 9.80 Å². The van der Waals surface area contributed by atoms with E-state index in [-0.39, 0.29) is 5.41 Å². The number of benzene rings is 10. The van der Waals surface area contributed by atoms with Crippen molar-refractivity contribution in [3.63, 3.8) is 0 Å². The van der Waals surface area contributed by atoms with E-state index in [0.717, 1.165) is 78.0 Å². The number of para-hydroxylation sites is 5. The summed E-state index contributed by atoms with van der Waals surface area (Å²) in [6.45, 7) is 4.74. The summed E-state index contributed by atoms with van der Waals surface area (Å²) in [4.78, 5) is 4.77. The van der Waals surface area contributed by atoms with Gasteiger partial charge in [-0.3, -0.25) is 0 Å². The van der Waals surface area contributed by atoms with E-state index in [0.29, 0.717) is 0 Å². The molecule has 0 atom stereocenters. The van der Waals surface area contributed by atoms with Crippen molar-refractivity contribution in [3.05, 3.63) is 217 Å². The Hall–Kier alpha value is -8.08. The molecule has 0 saturated carbocycles. The highest BCUT2D eigenvalue weighted by molar-refractivity contribution is 6.16. The van der Waals surface area contributed by atoms with Gasteiger partial charge in [-0.05, 0) is 105 Å². The van der Waals surface area contributed by atoms with Crippen LogP contribution >= 0.6 is 0 Å². The Kier molecular flexibility index (Phi) is 7.62. The van der Waals surface area contributed by atoms with Gasteiger partial charge < -0.3 is 18.6 Å². The van der Waals surface area contributed by atoms with Crippen molar-refractivity contribution in [2.75, 3.05) is 9.80 Å². The summed E-state index contributed by atoms with van der Waals surface area (Å²) in [5.74, 6) is 0. The molecule has 13 rings (SSSR count). The van der Waals surface area contributed by atoms with Crippen molar-refractivity contribution >= 4 is 99.5 Å². The maximum atomic E-state index is 6.74. The predicted octanol–water partition coefficient (Wildman–Crippen LogP) is 17.0. The summed E-state index contributed by atoms with van der Waals surface area (Å²) in [6, 6.07) is 74.2. The van der Waals surface area contributed by atoms with E-state index in [2.05, 4.69) is 206 Å². The molecule has 0 spiro atoms. The van der Waals surface area contributed by atoms with Gasteiger partial charge in [0.2, 0.25) is 0 Å². The lowest BCUT2D eigenvalue weighted by Crippen LogP contribution is -2.18. The number of anilines is 6. The van der Waals surface area contributed by atoms with Crippen LogP contribution in [0.25, 0.3) is 76.5 Å². The van der Waals surface area contributed by atoms with Crippen LogP contribution in [-0.2, 0) is 5.41 Å². The number of fused-ring (bicyclic) bond motifs is 12. The van der Waals surface area contributed by atoms with Gasteiger partial charge in [0.25, 0.3) is 0 Å². The number of rotatable bonds is 6. The maximum Gasteiger partial charge on any atom is 0.159 e. The standard InChI is InChI=1S/C59H40N2O2/c1-59(2)50-35-39(60(38-17-4-3-5-18-38)54-34-37-16-6-7-19-41(37)42-20-8-9-21-45(42)54)30-32-43(50)44-33-31-40(36-51(44)59)61(52-26-14-24-48-46-22-10-12-28-55(46)62-57(48)52)53-27-15-25-49-47-23-11-13-29-56(47)63-58(49)53/h3-36H,1-2H3. The zero-order chi connectivity index (χ0) is 41.8. The highest BCUT2D eigenvalue weighted by Gasteiger charge is 2.37. The second-order valence-corrected chi connectivity index (χ2v) is 17.3. The molecule has 0 fully saturated rings. The normalized spacial score (nSPS) is 13.0. The molecule has 10 aromatic carbocycles. The fourth-order valence-electron chi connectivity index (χ4n) is 10.4. The van der Waals surface area contributed by atoms with Crippen LogP contribution in [0.5, 0.6) is 0 Å². The van der Waals surface area contributed by atoms with Crippen molar-refractivity contribution in [2.45, 2.75) is 19.3 Å². The molecule has 0 amide bonds. The number of hydrogen-bond donors (Lipinski definition) is 0. The molecular weight excluding hydrogens is 769 g/mol. The Morgan fingerprint density at radius 1 is 0.333 bits per heavy atom. The average molecular weight is 809 g/mol. The van der Waals surface area contributed by atoms with Gasteiger partial charge in [-0.1, -0.05) is 153 Å². The minimum absolute atomic E-state index is 0.326. The van der Waals surface area contributed by atoms with Crippen molar-refractivity contribution in [3.8, 4) is 11.1 Å². The highest BCUT2D eigenvalue weighted by Crippen LogP contribution is 2.54. The summed E-state index contributed by atoms with van der Waals surface area (Å²) in [5.41, 5.74) is 14.5. The minimum atomic E-state index is -0.326. The molecule has 4 nitrogen and oxygen atoms in total. The van der Waals surface area contributed by atoms with Gasteiger partial charge in [-0.15, -0.1) is 0 Å². The molecule has 0 bridgehead atoms. The third-order valence-electron chi connectivity index (χ3n) is 13.4. The summed E-state index contributed by atoms with van der Waals surface area (Å²) >= 11 is 0. The summed E-state index contributed by atoms with van der Waals surface area (Å²) in [6.07, 6.45) is 0. The fraction of sp³-hybridized carbons (Fsp3) is 0.0508. The minimum Gasteiger partial charge on any atom is -0.454 e. The topological polar surface area (TPSA) is 32.8 Å². The van der Waals surface area contributed by atoms with Crippen molar-refractivity contribution < 1.29 is 8.83 Å². The number of nitrogens with zero attached hydrogens (tertiary/aromatic N) is 2. The van der Waals surface area contributed by atoms with Gasteiger partial charge in [0.05, 0.1) is 17.1 Å². The van der Waals surface area contributed by atoms with Crippen LogP contribution in [0.2, 0.25) is 0 Å². The zero-order valence-electron chi connectivity index (χ0n) is 34.8. The van der Waals surface area contributed by atoms with Gasteiger partial charge in [-0.25, -0.2) is 0 Å². The average Bonchev–Trinajstić information content (AvgIpc) is 3.98. The van der Waals surface area contributed by atoms with E-state index in [9.17, 15) is 0 Å². The molecule has 0 saturated heterocycles. The third-order valence-corrected chi connectivity index (χ3v) is 13.4. The molecule has 1 aliphatic carbocycles. The van der Waals surface area contributed by atoms with Gasteiger partial charge in [-0.2, -0.15) is 0 Å². The van der Waals surface area contributed by atoms with Crippen molar-refractivity contribution in [1.82, 2.24) is 0 Å². The van der Waals surface area contributed by atoms with Gasteiger partial charge in [0.1, 0.15) is 11.2 Å². The van der Waals surface area contributed by atoms with Gasteiger partial charge in [0.15, 0.2) is 11.2 Å².